The van der Waals surface area contributed by atoms with Crippen LogP contribution in [0.5, 0.6) is 0 Å². The van der Waals surface area contributed by atoms with Gasteiger partial charge in [-0.05, 0) is 51.3 Å². The molecule has 1 aliphatic rings. The highest BCUT2D eigenvalue weighted by atomic mass is 35.5. The first-order valence-corrected chi connectivity index (χ1v) is 6.99. The van der Waals surface area contributed by atoms with Gasteiger partial charge in [0.05, 0.1) is 5.60 Å². The number of nitrogens with one attached hydrogen (secondary N) is 1. The Morgan fingerprint density at radius 1 is 1.44 bits per heavy atom. The molecule has 1 aromatic carbocycles. The fourth-order valence-corrected chi connectivity index (χ4v) is 2.80. The summed E-state index contributed by atoms with van der Waals surface area (Å²) in [6, 6.07) is 8.90. The average molecular weight is 268 g/mol. The van der Waals surface area contributed by atoms with E-state index in [0.717, 1.165) is 24.5 Å². The second-order valence-corrected chi connectivity index (χ2v) is 6.18. The van der Waals surface area contributed by atoms with Crippen molar-refractivity contribution >= 4 is 11.6 Å². The topological polar surface area (TPSA) is 21.3 Å². The molecule has 0 aliphatic carbocycles. The minimum Gasteiger partial charge on any atom is -0.375 e. The Kier molecular flexibility index (Phi) is 4.31. The van der Waals surface area contributed by atoms with Crippen LogP contribution in [-0.4, -0.2) is 18.2 Å². The maximum absolute atomic E-state index is 6.03. The van der Waals surface area contributed by atoms with E-state index in [1.54, 1.807) is 0 Å². The van der Waals surface area contributed by atoms with E-state index in [0.29, 0.717) is 12.1 Å². The Bertz CT molecular complexity index is 405. The summed E-state index contributed by atoms with van der Waals surface area (Å²) in [6.45, 7) is 7.34. The van der Waals surface area contributed by atoms with Crippen LogP contribution in [0.4, 0.5) is 0 Å². The third kappa shape index (κ3) is 3.71. The van der Waals surface area contributed by atoms with Crippen LogP contribution in [-0.2, 0) is 4.74 Å². The third-order valence-corrected chi connectivity index (χ3v) is 3.77. The number of hydrogen-bond donors (Lipinski definition) is 1. The second-order valence-electron chi connectivity index (χ2n) is 5.74. The second kappa shape index (κ2) is 5.60. The molecular formula is C15H22ClNO. The maximum atomic E-state index is 6.03. The Balaban J connectivity index is 1.97. The summed E-state index contributed by atoms with van der Waals surface area (Å²) >= 11 is 6.03. The summed E-state index contributed by atoms with van der Waals surface area (Å²) < 4.78 is 5.74. The van der Waals surface area contributed by atoms with Crippen molar-refractivity contribution in [3.05, 3.63) is 34.9 Å². The minimum absolute atomic E-state index is 0.00995. The van der Waals surface area contributed by atoms with Gasteiger partial charge in [-0.25, -0.2) is 0 Å². The quantitative estimate of drug-likeness (QED) is 0.895. The van der Waals surface area contributed by atoms with Gasteiger partial charge in [0.2, 0.25) is 0 Å². The highest BCUT2D eigenvalue weighted by Gasteiger charge is 2.29. The van der Waals surface area contributed by atoms with Crippen LogP contribution in [0.25, 0.3) is 0 Å². The van der Waals surface area contributed by atoms with Crippen molar-refractivity contribution in [2.75, 3.05) is 6.61 Å². The number of hydrogen-bond acceptors (Lipinski definition) is 2. The lowest BCUT2D eigenvalue weighted by molar-refractivity contribution is -0.0639. The molecule has 2 rings (SSSR count). The molecule has 0 saturated carbocycles. The van der Waals surface area contributed by atoms with Crippen molar-refractivity contribution in [3.63, 3.8) is 0 Å². The molecule has 2 atom stereocenters. The molecule has 0 spiro atoms. The molecule has 1 heterocycles. The summed E-state index contributed by atoms with van der Waals surface area (Å²) in [5.74, 6) is 0. The molecule has 1 unspecified atom stereocenters. The molecule has 1 saturated heterocycles. The van der Waals surface area contributed by atoms with Crippen LogP contribution in [0.2, 0.25) is 5.02 Å². The summed E-state index contributed by atoms with van der Waals surface area (Å²) in [5.41, 5.74) is 1.23. The lowest BCUT2D eigenvalue weighted by Gasteiger charge is -2.37. The normalized spacial score (nSPS) is 24.8. The van der Waals surface area contributed by atoms with Crippen LogP contribution in [0, 0.1) is 0 Å². The van der Waals surface area contributed by atoms with E-state index in [2.05, 4.69) is 32.2 Å². The number of benzene rings is 1. The van der Waals surface area contributed by atoms with Gasteiger partial charge in [-0.2, -0.15) is 0 Å². The SMILES string of the molecule is C[C@H](NC1CCOC(C)(C)C1)c1cccc(Cl)c1. The van der Waals surface area contributed by atoms with Crippen molar-refractivity contribution in [2.24, 2.45) is 0 Å². The molecule has 2 nitrogen and oxygen atoms in total. The summed E-state index contributed by atoms with van der Waals surface area (Å²) in [6.07, 6.45) is 2.13. The molecule has 0 bridgehead atoms. The zero-order valence-corrected chi connectivity index (χ0v) is 12.1. The molecule has 0 amide bonds. The highest BCUT2D eigenvalue weighted by Crippen LogP contribution is 2.26. The van der Waals surface area contributed by atoms with E-state index in [-0.39, 0.29) is 5.60 Å². The minimum atomic E-state index is -0.00995. The fraction of sp³-hybridized carbons (Fsp3) is 0.600. The Morgan fingerprint density at radius 3 is 2.89 bits per heavy atom. The average Bonchev–Trinajstić information content (AvgIpc) is 2.27. The van der Waals surface area contributed by atoms with Crippen molar-refractivity contribution in [1.82, 2.24) is 5.32 Å². The van der Waals surface area contributed by atoms with Crippen molar-refractivity contribution in [3.8, 4) is 0 Å². The zero-order chi connectivity index (χ0) is 13.2. The van der Waals surface area contributed by atoms with Gasteiger partial charge in [0.1, 0.15) is 0 Å². The van der Waals surface area contributed by atoms with E-state index >= 15 is 0 Å². The van der Waals surface area contributed by atoms with Crippen molar-refractivity contribution in [2.45, 2.75) is 51.3 Å². The summed E-state index contributed by atoms with van der Waals surface area (Å²) in [5, 5.41) is 4.48. The van der Waals surface area contributed by atoms with Gasteiger partial charge >= 0.3 is 0 Å². The third-order valence-electron chi connectivity index (χ3n) is 3.53. The fourth-order valence-electron chi connectivity index (χ4n) is 2.60. The lowest BCUT2D eigenvalue weighted by atomic mass is 9.93. The van der Waals surface area contributed by atoms with Crippen LogP contribution in [0.3, 0.4) is 0 Å². The van der Waals surface area contributed by atoms with E-state index < -0.39 is 0 Å². The number of halogens is 1. The van der Waals surface area contributed by atoms with Gasteiger partial charge in [0, 0.05) is 23.7 Å². The molecule has 18 heavy (non-hydrogen) atoms. The van der Waals surface area contributed by atoms with Crippen molar-refractivity contribution < 1.29 is 4.74 Å². The van der Waals surface area contributed by atoms with Gasteiger partial charge in [0.25, 0.3) is 0 Å². The standard InChI is InChI=1S/C15H22ClNO/c1-11(12-5-4-6-13(16)9-12)17-14-7-8-18-15(2,3)10-14/h4-6,9,11,14,17H,7-8,10H2,1-3H3/t11-,14?/m0/s1. The van der Waals surface area contributed by atoms with Gasteiger partial charge in [-0.1, -0.05) is 23.7 Å². The molecular weight excluding hydrogens is 246 g/mol. The molecule has 1 aliphatic heterocycles. The van der Waals surface area contributed by atoms with Crippen LogP contribution in [0.1, 0.15) is 45.2 Å². The van der Waals surface area contributed by atoms with Crippen molar-refractivity contribution in [1.29, 1.82) is 0 Å². The van der Waals surface area contributed by atoms with E-state index in [4.69, 9.17) is 16.3 Å². The first-order chi connectivity index (χ1) is 8.46. The molecule has 1 aromatic rings. The van der Waals surface area contributed by atoms with Gasteiger partial charge < -0.3 is 10.1 Å². The maximum Gasteiger partial charge on any atom is 0.0641 e. The number of rotatable bonds is 3. The van der Waals surface area contributed by atoms with E-state index in [1.807, 2.05) is 18.2 Å². The predicted molar refractivity (Wildman–Crippen MR) is 76.1 cm³/mol. The smallest absolute Gasteiger partial charge is 0.0641 e. The van der Waals surface area contributed by atoms with Crippen LogP contribution < -0.4 is 5.32 Å². The van der Waals surface area contributed by atoms with Gasteiger partial charge in [0.15, 0.2) is 0 Å². The molecule has 0 radical (unpaired) electrons. The highest BCUT2D eigenvalue weighted by molar-refractivity contribution is 6.30. The molecule has 3 heteroatoms. The predicted octanol–water partition coefficient (Wildman–Crippen LogP) is 3.95. The first-order valence-electron chi connectivity index (χ1n) is 6.62. The Morgan fingerprint density at radius 2 is 2.22 bits per heavy atom. The van der Waals surface area contributed by atoms with E-state index in [1.165, 1.54) is 5.56 Å². The molecule has 0 aromatic heterocycles. The van der Waals surface area contributed by atoms with Crippen LogP contribution >= 0.6 is 11.6 Å². The Labute approximate surface area is 115 Å². The Hall–Kier alpha value is -0.570. The summed E-state index contributed by atoms with van der Waals surface area (Å²) in [4.78, 5) is 0. The summed E-state index contributed by atoms with van der Waals surface area (Å²) in [7, 11) is 0. The first kappa shape index (κ1) is 13.9. The monoisotopic (exact) mass is 267 g/mol. The van der Waals surface area contributed by atoms with Gasteiger partial charge in [-0.3, -0.25) is 0 Å². The molecule has 100 valence electrons. The molecule has 1 fully saturated rings. The van der Waals surface area contributed by atoms with Crippen LogP contribution in [0.15, 0.2) is 24.3 Å². The molecule has 1 N–H and O–H groups in total. The van der Waals surface area contributed by atoms with E-state index in [9.17, 15) is 0 Å². The number of ether oxygens (including phenoxy) is 1. The largest absolute Gasteiger partial charge is 0.375 e. The van der Waals surface area contributed by atoms with Gasteiger partial charge in [-0.15, -0.1) is 0 Å². The zero-order valence-electron chi connectivity index (χ0n) is 11.4. The lowest BCUT2D eigenvalue weighted by Crippen LogP contribution is -2.44.